The minimum Gasteiger partial charge on any atom is -0.276 e. The predicted octanol–water partition coefficient (Wildman–Crippen LogP) is 6.83. The molecule has 1 aliphatic rings. The first-order chi connectivity index (χ1) is 15.4. The first-order valence-electron chi connectivity index (χ1n) is 9.56. The van der Waals surface area contributed by atoms with E-state index in [4.69, 9.17) is 0 Å². The summed E-state index contributed by atoms with van der Waals surface area (Å²) in [6.45, 7) is 0.0834. The highest BCUT2D eigenvalue weighted by Crippen LogP contribution is 2.46. The summed E-state index contributed by atoms with van der Waals surface area (Å²) in [5.41, 5.74) is 1.30. The van der Waals surface area contributed by atoms with E-state index in [1.165, 1.54) is 10.6 Å². The summed E-state index contributed by atoms with van der Waals surface area (Å²) < 4.78 is 45.2. The van der Waals surface area contributed by atoms with E-state index >= 15 is 0 Å². The summed E-state index contributed by atoms with van der Waals surface area (Å²) in [4.78, 5) is 4.68. The second kappa shape index (κ2) is 7.97. The maximum absolute atomic E-state index is 14.4. The van der Waals surface area contributed by atoms with Crippen LogP contribution >= 0.6 is 31.9 Å². The Kier molecular flexibility index (Phi) is 5.25. The summed E-state index contributed by atoms with van der Waals surface area (Å²) in [6, 6.07) is 19.6. The summed E-state index contributed by atoms with van der Waals surface area (Å²) in [5, 5.41) is 8.45. The van der Waals surface area contributed by atoms with Crippen molar-refractivity contribution in [1.29, 1.82) is 0 Å². The summed E-state index contributed by atoms with van der Waals surface area (Å²) in [7, 11) is 0. The van der Waals surface area contributed by atoms with Crippen LogP contribution in [0.5, 0.6) is 0 Å². The van der Waals surface area contributed by atoms with E-state index < -0.39 is 11.7 Å². The first kappa shape index (κ1) is 21.1. The smallest absolute Gasteiger partial charge is 0.276 e. The number of aromatic nitrogens is 3. The molecule has 0 unspecified atom stereocenters. The van der Waals surface area contributed by atoms with Crippen LogP contribution in [0, 0.1) is 0 Å². The molecule has 0 spiro atoms. The number of rotatable bonds is 2. The lowest BCUT2D eigenvalue weighted by molar-refractivity contribution is -0.138. The molecule has 1 aromatic heterocycles. The quantitative estimate of drug-likeness (QED) is 0.269. The van der Waals surface area contributed by atoms with Gasteiger partial charge in [0.1, 0.15) is 6.54 Å². The summed E-state index contributed by atoms with van der Waals surface area (Å²) in [5.74, 6) is 0.647. The fourth-order valence-corrected chi connectivity index (χ4v) is 5.37. The number of halogens is 5. The lowest BCUT2D eigenvalue weighted by Gasteiger charge is -2.22. The molecule has 9 heteroatoms. The topological polar surface area (TPSA) is 43.1 Å². The molecule has 160 valence electrons. The lowest BCUT2D eigenvalue weighted by Crippen LogP contribution is -2.18. The SMILES string of the molecule is FC(F)(F)c1c(Br)cc(Br)c2c1-n1c(nnc1-c1ccccc1)CN=C2c1ccccc1. The molecule has 2 heterocycles. The number of alkyl halides is 3. The highest BCUT2D eigenvalue weighted by atomic mass is 79.9. The van der Waals surface area contributed by atoms with Crippen LogP contribution in [0.2, 0.25) is 0 Å². The second-order valence-electron chi connectivity index (χ2n) is 7.11. The number of nitrogens with zero attached hydrogens (tertiary/aromatic N) is 4. The summed E-state index contributed by atoms with van der Waals surface area (Å²) >= 11 is 6.64. The van der Waals surface area contributed by atoms with Crippen LogP contribution in [0.25, 0.3) is 17.1 Å². The number of hydrogen-bond acceptors (Lipinski definition) is 3. The van der Waals surface area contributed by atoms with Gasteiger partial charge in [-0.3, -0.25) is 9.56 Å². The van der Waals surface area contributed by atoms with Gasteiger partial charge in [0.2, 0.25) is 0 Å². The number of fused-ring (bicyclic) bond motifs is 3. The van der Waals surface area contributed by atoms with Gasteiger partial charge in [0.05, 0.1) is 17.0 Å². The predicted molar refractivity (Wildman–Crippen MR) is 123 cm³/mol. The van der Waals surface area contributed by atoms with E-state index in [-0.39, 0.29) is 16.7 Å². The number of hydrogen-bond donors (Lipinski definition) is 0. The zero-order chi connectivity index (χ0) is 22.5. The van der Waals surface area contributed by atoms with E-state index in [1.807, 2.05) is 48.5 Å². The highest BCUT2D eigenvalue weighted by Gasteiger charge is 2.41. The van der Waals surface area contributed by atoms with Gasteiger partial charge in [-0.15, -0.1) is 10.2 Å². The molecule has 1 aliphatic heterocycles. The lowest BCUT2D eigenvalue weighted by atomic mass is 9.97. The standard InChI is InChI=1S/C23H13Br2F3N4/c24-15-11-16(25)19(23(26,27)28)21-18(15)20(13-7-3-1-4-8-13)29-12-17-30-31-22(32(17)21)14-9-5-2-6-10-14/h1-11H,12H2. The van der Waals surface area contributed by atoms with Crippen molar-refractivity contribution in [1.82, 2.24) is 14.8 Å². The van der Waals surface area contributed by atoms with Crippen LogP contribution in [0.3, 0.4) is 0 Å². The van der Waals surface area contributed by atoms with Crippen molar-refractivity contribution >= 4 is 37.6 Å². The molecule has 0 atom stereocenters. The monoisotopic (exact) mass is 560 g/mol. The van der Waals surface area contributed by atoms with E-state index in [0.29, 0.717) is 38.5 Å². The second-order valence-corrected chi connectivity index (χ2v) is 8.82. The average molecular weight is 562 g/mol. The Morgan fingerprint density at radius 2 is 1.44 bits per heavy atom. The van der Waals surface area contributed by atoms with E-state index in [1.54, 1.807) is 12.1 Å². The van der Waals surface area contributed by atoms with E-state index in [9.17, 15) is 13.2 Å². The fourth-order valence-electron chi connectivity index (χ4n) is 3.81. The molecule has 4 nitrogen and oxygen atoms in total. The summed E-state index contributed by atoms with van der Waals surface area (Å²) in [6.07, 6.45) is -4.63. The van der Waals surface area contributed by atoms with Crippen molar-refractivity contribution in [3.8, 4) is 17.1 Å². The van der Waals surface area contributed by atoms with Gasteiger partial charge in [-0.1, -0.05) is 76.6 Å². The van der Waals surface area contributed by atoms with Crippen molar-refractivity contribution in [2.45, 2.75) is 12.7 Å². The van der Waals surface area contributed by atoms with Gasteiger partial charge in [0.15, 0.2) is 11.6 Å². The molecule has 0 saturated carbocycles. The Bertz CT molecular complexity index is 1350. The van der Waals surface area contributed by atoms with Crippen LogP contribution in [-0.2, 0) is 12.7 Å². The Hall–Kier alpha value is -2.78. The van der Waals surface area contributed by atoms with Crippen LogP contribution < -0.4 is 0 Å². The Morgan fingerprint density at radius 3 is 2.06 bits per heavy atom. The molecule has 32 heavy (non-hydrogen) atoms. The van der Waals surface area contributed by atoms with Crippen LogP contribution in [0.15, 0.2) is 80.7 Å². The van der Waals surface area contributed by atoms with Gasteiger partial charge >= 0.3 is 6.18 Å². The zero-order valence-corrected chi connectivity index (χ0v) is 19.4. The molecule has 0 saturated heterocycles. The normalized spacial score (nSPS) is 13.2. The van der Waals surface area contributed by atoms with Crippen molar-refractivity contribution in [2.75, 3.05) is 0 Å². The van der Waals surface area contributed by atoms with Crippen molar-refractivity contribution in [3.63, 3.8) is 0 Å². The van der Waals surface area contributed by atoms with E-state index in [0.717, 1.165) is 0 Å². The third kappa shape index (κ3) is 3.49. The van der Waals surface area contributed by atoms with Gasteiger partial charge in [0, 0.05) is 25.6 Å². The minimum absolute atomic E-state index is 0.0577. The zero-order valence-electron chi connectivity index (χ0n) is 16.2. The molecule has 0 fully saturated rings. The maximum atomic E-state index is 14.4. The maximum Gasteiger partial charge on any atom is 0.419 e. The third-order valence-electron chi connectivity index (χ3n) is 5.14. The molecule has 3 aromatic carbocycles. The van der Waals surface area contributed by atoms with Crippen LogP contribution in [-0.4, -0.2) is 20.5 Å². The van der Waals surface area contributed by atoms with E-state index in [2.05, 4.69) is 47.0 Å². The van der Waals surface area contributed by atoms with Crippen molar-refractivity contribution in [3.05, 3.63) is 98.2 Å². The minimum atomic E-state index is -4.63. The van der Waals surface area contributed by atoms with Gasteiger partial charge in [-0.05, 0) is 22.0 Å². The third-order valence-corrected chi connectivity index (χ3v) is 6.39. The molecule has 0 aliphatic carbocycles. The fraction of sp³-hybridized carbons (Fsp3) is 0.0870. The molecule has 5 rings (SSSR count). The Morgan fingerprint density at radius 1 is 0.812 bits per heavy atom. The Labute approximate surface area is 198 Å². The average Bonchev–Trinajstić information content (AvgIpc) is 3.11. The van der Waals surface area contributed by atoms with Crippen molar-refractivity contribution in [2.24, 2.45) is 4.99 Å². The molecule has 0 N–H and O–H groups in total. The van der Waals surface area contributed by atoms with Gasteiger partial charge in [-0.2, -0.15) is 13.2 Å². The number of aliphatic imine (C=N–C) groups is 1. The van der Waals surface area contributed by atoms with Gasteiger partial charge in [-0.25, -0.2) is 0 Å². The van der Waals surface area contributed by atoms with Gasteiger partial charge < -0.3 is 0 Å². The van der Waals surface area contributed by atoms with Crippen LogP contribution in [0.4, 0.5) is 13.2 Å². The Balaban J connectivity index is 1.92. The van der Waals surface area contributed by atoms with Crippen molar-refractivity contribution < 1.29 is 13.2 Å². The first-order valence-corrected chi connectivity index (χ1v) is 11.1. The molecule has 0 amide bonds. The molecule has 0 bridgehead atoms. The van der Waals surface area contributed by atoms with Crippen LogP contribution in [0.1, 0.15) is 22.5 Å². The highest BCUT2D eigenvalue weighted by molar-refractivity contribution is 9.11. The molecular formula is C23H13Br2F3N4. The molecular weight excluding hydrogens is 549 g/mol. The van der Waals surface area contributed by atoms with Gasteiger partial charge in [0.25, 0.3) is 0 Å². The molecule has 4 aromatic rings. The molecule has 0 radical (unpaired) electrons. The largest absolute Gasteiger partial charge is 0.419 e. The number of benzene rings is 3.